The molecule has 3 aliphatic carbocycles. The van der Waals surface area contributed by atoms with E-state index in [9.17, 15) is 4.79 Å². The normalized spacial score (nSPS) is 45.3. The van der Waals surface area contributed by atoms with Crippen LogP contribution < -0.4 is 0 Å². The van der Waals surface area contributed by atoms with Crippen LogP contribution in [0.1, 0.15) is 85.5 Å². The van der Waals surface area contributed by atoms with Gasteiger partial charge in [0.25, 0.3) is 0 Å². The molecule has 0 N–H and O–H groups in total. The van der Waals surface area contributed by atoms with Gasteiger partial charge in [0.1, 0.15) is 5.78 Å². The van der Waals surface area contributed by atoms with Crippen molar-refractivity contribution in [1.29, 1.82) is 0 Å². The highest BCUT2D eigenvalue weighted by Gasteiger charge is 2.61. The van der Waals surface area contributed by atoms with E-state index >= 15 is 0 Å². The van der Waals surface area contributed by atoms with E-state index in [1.807, 2.05) is 13.8 Å². The Kier molecular flexibility index (Phi) is 5.08. The summed E-state index contributed by atoms with van der Waals surface area (Å²) in [6, 6.07) is 0. The molecule has 4 rings (SSSR count). The molecule has 7 atom stereocenters. The van der Waals surface area contributed by atoms with Crippen molar-refractivity contribution in [3.8, 4) is 0 Å². The Morgan fingerprint density at radius 3 is 2.67 bits per heavy atom. The van der Waals surface area contributed by atoms with Crippen molar-refractivity contribution in [3.05, 3.63) is 12.2 Å². The van der Waals surface area contributed by atoms with Crippen LogP contribution in [0.5, 0.6) is 0 Å². The van der Waals surface area contributed by atoms with Crippen LogP contribution in [0.25, 0.3) is 0 Å². The predicted molar refractivity (Wildman–Crippen MR) is 107 cm³/mol. The molecule has 0 aromatic carbocycles. The minimum Gasteiger partial charge on any atom is -0.344 e. The monoisotopic (exact) mass is 374 g/mol. The topological polar surface area (TPSA) is 35.5 Å². The molecule has 4 aliphatic rings. The van der Waals surface area contributed by atoms with Gasteiger partial charge in [-0.1, -0.05) is 32.4 Å². The number of allylic oxidation sites excluding steroid dienone is 1. The highest BCUT2D eigenvalue weighted by Crippen LogP contribution is 2.63. The third-order valence-electron chi connectivity index (χ3n) is 8.34. The van der Waals surface area contributed by atoms with Gasteiger partial charge in [0.05, 0.1) is 12.2 Å². The first-order valence-corrected chi connectivity index (χ1v) is 11.3. The highest BCUT2D eigenvalue weighted by atomic mass is 16.8. The van der Waals surface area contributed by atoms with Gasteiger partial charge >= 0.3 is 0 Å². The Hall–Kier alpha value is -0.670. The number of Topliss-reactive ketones (excluding diaryl/α,β-unsaturated/α-hetero) is 1. The van der Waals surface area contributed by atoms with E-state index in [0.717, 1.165) is 25.7 Å². The molecule has 3 saturated carbocycles. The largest absolute Gasteiger partial charge is 0.344 e. The standard InChI is InChI=1S/C24H38O3/c1-6-7-8-18(25)14-17-13-16-11-12-24(5)15(2)9-10-19(24)20(16)22-21(17)26-23(3,4)27-22/h16-17,19-22H,2,6-14H2,1,3-5H3/t16-,17-,19+,20?,21-,22-,24-/m1/s1. The fourth-order valence-electron chi connectivity index (χ4n) is 6.92. The molecule has 1 aliphatic heterocycles. The fraction of sp³-hybridized carbons (Fsp3) is 0.875. The van der Waals surface area contributed by atoms with Crippen LogP contribution in [-0.4, -0.2) is 23.8 Å². The van der Waals surface area contributed by atoms with E-state index in [4.69, 9.17) is 9.47 Å². The third-order valence-corrected chi connectivity index (χ3v) is 8.34. The van der Waals surface area contributed by atoms with E-state index in [-0.39, 0.29) is 17.6 Å². The lowest BCUT2D eigenvalue weighted by Gasteiger charge is -2.53. The molecule has 3 heteroatoms. The van der Waals surface area contributed by atoms with Crippen LogP contribution in [0.4, 0.5) is 0 Å². The number of ether oxygens (including phenoxy) is 2. The Balaban J connectivity index is 1.58. The highest BCUT2D eigenvalue weighted by molar-refractivity contribution is 5.78. The van der Waals surface area contributed by atoms with Crippen molar-refractivity contribution < 1.29 is 14.3 Å². The first-order chi connectivity index (χ1) is 12.7. The molecule has 1 heterocycles. The molecule has 27 heavy (non-hydrogen) atoms. The first-order valence-electron chi connectivity index (χ1n) is 11.3. The van der Waals surface area contributed by atoms with Gasteiger partial charge < -0.3 is 9.47 Å². The number of hydrogen-bond acceptors (Lipinski definition) is 3. The van der Waals surface area contributed by atoms with Crippen LogP contribution in [-0.2, 0) is 14.3 Å². The zero-order valence-corrected chi connectivity index (χ0v) is 17.8. The Morgan fingerprint density at radius 2 is 1.93 bits per heavy atom. The summed E-state index contributed by atoms with van der Waals surface area (Å²) in [7, 11) is 0. The molecule has 0 radical (unpaired) electrons. The summed E-state index contributed by atoms with van der Waals surface area (Å²) in [5, 5.41) is 0. The Labute approximate surface area is 165 Å². The number of carbonyl (C=O) groups is 1. The lowest BCUT2D eigenvalue weighted by Crippen LogP contribution is -2.53. The van der Waals surface area contributed by atoms with E-state index in [1.165, 1.54) is 31.3 Å². The summed E-state index contributed by atoms with van der Waals surface area (Å²) in [6.07, 6.45) is 9.82. The van der Waals surface area contributed by atoms with Gasteiger partial charge in [0.2, 0.25) is 0 Å². The van der Waals surface area contributed by atoms with Crippen molar-refractivity contribution in [2.75, 3.05) is 0 Å². The van der Waals surface area contributed by atoms with Gasteiger partial charge in [0, 0.05) is 12.8 Å². The quantitative estimate of drug-likeness (QED) is 0.581. The maximum absolute atomic E-state index is 12.5. The first kappa shape index (κ1) is 19.6. The van der Waals surface area contributed by atoms with E-state index in [0.29, 0.717) is 35.9 Å². The Morgan fingerprint density at radius 1 is 1.19 bits per heavy atom. The van der Waals surface area contributed by atoms with E-state index in [1.54, 1.807) is 0 Å². The second kappa shape index (κ2) is 6.99. The predicted octanol–water partition coefficient (Wildman–Crippen LogP) is 5.67. The average Bonchev–Trinajstić information content (AvgIpc) is 3.09. The van der Waals surface area contributed by atoms with Gasteiger partial charge in [-0.3, -0.25) is 4.79 Å². The van der Waals surface area contributed by atoms with Gasteiger partial charge in [0.15, 0.2) is 5.79 Å². The second-order valence-corrected chi connectivity index (χ2v) is 10.4. The number of rotatable bonds is 5. The van der Waals surface area contributed by atoms with Gasteiger partial charge in [-0.15, -0.1) is 0 Å². The summed E-state index contributed by atoms with van der Waals surface area (Å²) < 4.78 is 13.0. The van der Waals surface area contributed by atoms with E-state index < -0.39 is 5.79 Å². The van der Waals surface area contributed by atoms with Gasteiger partial charge in [-0.2, -0.15) is 0 Å². The minimum atomic E-state index is -0.529. The average molecular weight is 375 g/mol. The van der Waals surface area contributed by atoms with Gasteiger partial charge in [-0.25, -0.2) is 0 Å². The van der Waals surface area contributed by atoms with Gasteiger partial charge in [-0.05, 0) is 81.5 Å². The maximum Gasteiger partial charge on any atom is 0.163 e. The zero-order chi connectivity index (χ0) is 19.4. The van der Waals surface area contributed by atoms with Crippen molar-refractivity contribution in [2.24, 2.45) is 29.1 Å². The van der Waals surface area contributed by atoms with Crippen LogP contribution >= 0.6 is 0 Å². The number of hydrogen-bond donors (Lipinski definition) is 0. The molecule has 0 bridgehead atoms. The minimum absolute atomic E-state index is 0.0861. The van der Waals surface area contributed by atoms with Crippen molar-refractivity contribution in [2.45, 2.75) is 103 Å². The SMILES string of the molecule is C=C1CC[C@H]2C3[C@H](CC[C@]12C)C[C@H](CC(=O)CCCC)[C@H]1OC(C)(C)O[C@H]31. The Bertz CT molecular complexity index is 609. The number of carbonyl (C=O) groups excluding carboxylic acids is 1. The number of fused-ring (bicyclic) bond motifs is 5. The third kappa shape index (κ3) is 3.33. The van der Waals surface area contributed by atoms with Crippen molar-refractivity contribution in [3.63, 3.8) is 0 Å². The smallest absolute Gasteiger partial charge is 0.163 e. The molecule has 0 aromatic heterocycles. The molecule has 1 saturated heterocycles. The summed E-state index contributed by atoms with van der Waals surface area (Å²) in [5.41, 5.74) is 1.74. The van der Waals surface area contributed by atoms with Crippen LogP contribution in [0, 0.1) is 29.1 Å². The second-order valence-electron chi connectivity index (χ2n) is 10.4. The van der Waals surface area contributed by atoms with Crippen LogP contribution in [0.15, 0.2) is 12.2 Å². The van der Waals surface area contributed by atoms with Crippen molar-refractivity contribution in [1.82, 2.24) is 0 Å². The lowest BCUT2D eigenvalue weighted by atomic mass is 9.53. The van der Waals surface area contributed by atoms with Crippen LogP contribution in [0.3, 0.4) is 0 Å². The zero-order valence-electron chi connectivity index (χ0n) is 17.8. The molecule has 3 nitrogen and oxygen atoms in total. The molecule has 4 fully saturated rings. The molecular weight excluding hydrogens is 336 g/mol. The van der Waals surface area contributed by atoms with Crippen LogP contribution in [0.2, 0.25) is 0 Å². The van der Waals surface area contributed by atoms with E-state index in [2.05, 4.69) is 20.4 Å². The molecule has 0 aromatic rings. The molecule has 0 amide bonds. The fourth-order valence-corrected chi connectivity index (χ4v) is 6.92. The maximum atomic E-state index is 12.5. The van der Waals surface area contributed by atoms with Crippen molar-refractivity contribution >= 4 is 5.78 Å². The summed E-state index contributed by atoms with van der Waals surface area (Å²) in [6.45, 7) is 13.1. The summed E-state index contributed by atoms with van der Waals surface area (Å²) in [4.78, 5) is 12.5. The molecule has 0 spiro atoms. The summed E-state index contributed by atoms with van der Waals surface area (Å²) >= 11 is 0. The lowest BCUT2D eigenvalue weighted by molar-refractivity contribution is -0.156. The molecular formula is C24H38O3. The molecule has 1 unspecified atom stereocenters. The number of ketones is 1. The summed E-state index contributed by atoms with van der Waals surface area (Å²) in [5.74, 6) is 2.14. The molecule has 152 valence electrons. The number of unbranched alkanes of at least 4 members (excludes halogenated alkanes) is 1.